The van der Waals surface area contributed by atoms with Crippen molar-refractivity contribution in [2.24, 2.45) is 0 Å². The highest BCUT2D eigenvalue weighted by Crippen LogP contribution is 2.29. The summed E-state index contributed by atoms with van der Waals surface area (Å²) >= 11 is 1.49. The van der Waals surface area contributed by atoms with Crippen LogP contribution in [0, 0.1) is 17.1 Å². The van der Waals surface area contributed by atoms with Gasteiger partial charge in [-0.05, 0) is 41.3 Å². The molecule has 7 heteroatoms. The maximum atomic E-state index is 13.7. The summed E-state index contributed by atoms with van der Waals surface area (Å²) in [7, 11) is 0. The number of nitriles is 1. The number of para-hydroxylation sites is 1. The Balaban J connectivity index is 1.43. The Bertz CT molecular complexity index is 1120. The molecule has 0 aliphatic heterocycles. The molecule has 0 radical (unpaired) electrons. The van der Waals surface area contributed by atoms with Crippen LogP contribution in [0.5, 0.6) is 11.5 Å². The van der Waals surface area contributed by atoms with Crippen LogP contribution in [-0.4, -0.2) is 4.98 Å². The monoisotopic (exact) mass is 391 g/mol. The number of rotatable bonds is 6. The van der Waals surface area contributed by atoms with Gasteiger partial charge in [0.05, 0.1) is 4.88 Å². The quantitative estimate of drug-likeness (QED) is 0.448. The molecule has 0 saturated carbocycles. The third-order valence-electron chi connectivity index (χ3n) is 3.91. The number of nitrogens with zero attached hydrogens (tertiary/aromatic N) is 2. The van der Waals surface area contributed by atoms with E-state index in [2.05, 4.69) is 10.3 Å². The SMILES string of the molecule is N#Cc1nc(-c2cccs2)oc1NCc1ccc(Oc2ccccc2F)cc1. The Morgan fingerprint density at radius 3 is 2.64 bits per heavy atom. The zero-order valence-electron chi connectivity index (χ0n) is 14.6. The molecule has 28 heavy (non-hydrogen) atoms. The molecule has 0 fully saturated rings. The molecule has 4 rings (SSSR count). The number of oxazole rings is 1. The molecule has 0 atom stereocenters. The van der Waals surface area contributed by atoms with E-state index in [-0.39, 0.29) is 11.4 Å². The maximum absolute atomic E-state index is 13.7. The summed E-state index contributed by atoms with van der Waals surface area (Å²) < 4.78 is 24.9. The van der Waals surface area contributed by atoms with Gasteiger partial charge in [-0.2, -0.15) is 10.2 Å². The van der Waals surface area contributed by atoms with Crippen LogP contribution >= 0.6 is 11.3 Å². The Hall–Kier alpha value is -3.63. The molecular formula is C21H14FN3O2S. The van der Waals surface area contributed by atoms with E-state index in [1.807, 2.05) is 35.7 Å². The first kappa shape index (κ1) is 17.8. The second-order valence-electron chi connectivity index (χ2n) is 5.82. The number of halogens is 1. The summed E-state index contributed by atoms with van der Waals surface area (Å²) in [4.78, 5) is 5.08. The lowest BCUT2D eigenvalue weighted by atomic mass is 10.2. The van der Waals surface area contributed by atoms with Gasteiger partial charge in [-0.3, -0.25) is 0 Å². The summed E-state index contributed by atoms with van der Waals surface area (Å²) in [5.41, 5.74) is 1.15. The molecule has 0 bridgehead atoms. The van der Waals surface area contributed by atoms with Crippen molar-refractivity contribution < 1.29 is 13.5 Å². The number of anilines is 1. The third kappa shape index (κ3) is 3.87. The predicted octanol–water partition coefficient (Wildman–Crippen LogP) is 5.82. The molecule has 5 nitrogen and oxygen atoms in total. The number of benzene rings is 2. The highest BCUT2D eigenvalue weighted by molar-refractivity contribution is 7.13. The van der Waals surface area contributed by atoms with Gasteiger partial charge in [0.25, 0.3) is 0 Å². The smallest absolute Gasteiger partial charge is 0.240 e. The molecule has 2 aromatic heterocycles. The highest BCUT2D eigenvalue weighted by Gasteiger charge is 2.15. The highest BCUT2D eigenvalue weighted by atomic mass is 32.1. The zero-order valence-corrected chi connectivity index (χ0v) is 15.4. The van der Waals surface area contributed by atoms with Gasteiger partial charge in [0.2, 0.25) is 17.5 Å². The minimum absolute atomic E-state index is 0.176. The summed E-state index contributed by atoms with van der Waals surface area (Å²) in [5.74, 6) is 1.05. The van der Waals surface area contributed by atoms with Crippen molar-refractivity contribution in [1.29, 1.82) is 5.26 Å². The van der Waals surface area contributed by atoms with Crippen molar-refractivity contribution >= 4 is 17.2 Å². The molecule has 0 aliphatic rings. The van der Waals surface area contributed by atoms with Crippen LogP contribution in [0.15, 0.2) is 70.5 Å². The van der Waals surface area contributed by atoms with E-state index < -0.39 is 5.82 Å². The molecule has 138 valence electrons. The van der Waals surface area contributed by atoms with E-state index in [1.54, 1.807) is 30.3 Å². The summed E-state index contributed by atoms with van der Waals surface area (Å²) in [6.45, 7) is 0.438. The van der Waals surface area contributed by atoms with Crippen LogP contribution in [0.25, 0.3) is 10.8 Å². The number of aromatic nitrogens is 1. The van der Waals surface area contributed by atoms with Gasteiger partial charge in [-0.1, -0.05) is 30.3 Å². The van der Waals surface area contributed by atoms with E-state index in [1.165, 1.54) is 17.4 Å². The second kappa shape index (κ2) is 7.94. The van der Waals surface area contributed by atoms with E-state index in [0.29, 0.717) is 24.1 Å². The largest absolute Gasteiger partial charge is 0.454 e. The Labute approximate surface area is 164 Å². The molecule has 2 aromatic carbocycles. The summed E-state index contributed by atoms with van der Waals surface area (Å²) in [6.07, 6.45) is 0. The van der Waals surface area contributed by atoms with E-state index in [4.69, 9.17) is 9.15 Å². The minimum Gasteiger partial charge on any atom is -0.454 e. The third-order valence-corrected chi connectivity index (χ3v) is 4.76. The second-order valence-corrected chi connectivity index (χ2v) is 6.76. The topological polar surface area (TPSA) is 71.1 Å². The van der Waals surface area contributed by atoms with Gasteiger partial charge < -0.3 is 14.5 Å². The van der Waals surface area contributed by atoms with E-state index in [0.717, 1.165) is 10.4 Å². The normalized spacial score (nSPS) is 10.4. The zero-order chi connectivity index (χ0) is 19.3. The average Bonchev–Trinajstić information content (AvgIpc) is 3.39. The number of nitrogens with one attached hydrogen (secondary N) is 1. The molecule has 2 heterocycles. The van der Waals surface area contributed by atoms with Crippen molar-refractivity contribution in [2.45, 2.75) is 6.54 Å². The lowest BCUT2D eigenvalue weighted by Gasteiger charge is -2.08. The fourth-order valence-electron chi connectivity index (χ4n) is 2.53. The van der Waals surface area contributed by atoms with Crippen LogP contribution < -0.4 is 10.1 Å². The van der Waals surface area contributed by atoms with E-state index in [9.17, 15) is 9.65 Å². The number of ether oxygens (including phenoxy) is 1. The molecule has 0 unspecified atom stereocenters. The minimum atomic E-state index is -0.413. The molecule has 4 aromatic rings. The van der Waals surface area contributed by atoms with Gasteiger partial charge in [0.15, 0.2) is 11.6 Å². The Morgan fingerprint density at radius 1 is 1.11 bits per heavy atom. The van der Waals surface area contributed by atoms with Gasteiger partial charge in [0, 0.05) is 6.54 Å². The summed E-state index contributed by atoms with van der Waals surface area (Å²) in [6, 6.07) is 19.3. The standard InChI is InChI=1S/C21H14FN3O2S/c22-16-4-1-2-5-18(16)26-15-9-7-14(8-10-15)13-24-20-17(12-23)25-21(27-20)19-6-3-11-28-19/h1-11,24H,13H2. The van der Waals surface area contributed by atoms with Crippen molar-refractivity contribution in [2.75, 3.05) is 5.32 Å². The van der Waals surface area contributed by atoms with Crippen molar-refractivity contribution in [1.82, 2.24) is 4.98 Å². The van der Waals surface area contributed by atoms with Crippen molar-refractivity contribution in [3.05, 3.63) is 83.1 Å². The van der Waals surface area contributed by atoms with Gasteiger partial charge >= 0.3 is 0 Å². The number of hydrogen-bond acceptors (Lipinski definition) is 6. The van der Waals surface area contributed by atoms with Gasteiger partial charge in [-0.15, -0.1) is 11.3 Å². The fourth-order valence-corrected chi connectivity index (χ4v) is 3.18. The predicted molar refractivity (Wildman–Crippen MR) is 105 cm³/mol. The molecule has 0 saturated heterocycles. The Kier molecular flexibility index (Phi) is 5.04. The average molecular weight is 391 g/mol. The van der Waals surface area contributed by atoms with Crippen LogP contribution in [0.3, 0.4) is 0 Å². The lowest BCUT2D eigenvalue weighted by molar-refractivity contribution is 0.442. The first-order chi connectivity index (χ1) is 13.7. The maximum Gasteiger partial charge on any atom is 0.240 e. The van der Waals surface area contributed by atoms with Gasteiger partial charge in [-0.25, -0.2) is 4.39 Å². The van der Waals surface area contributed by atoms with Crippen LogP contribution in [0.4, 0.5) is 10.3 Å². The molecule has 0 spiro atoms. The molecule has 0 amide bonds. The van der Waals surface area contributed by atoms with Crippen molar-refractivity contribution in [3.63, 3.8) is 0 Å². The van der Waals surface area contributed by atoms with Crippen LogP contribution in [-0.2, 0) is 6.54 Å². The lowest BCUT2D eigenvalue weighted by Crippen LogP contribution is -2.00. The van der Waals surface area contributed by atoms with Crippen LogP contribution in [0.2, 0.25) is 0 Å². The van der Waals surface area contributed by atoms with Gasteiger partial charge in [0.1, 0.15) is 11.8 Å². The number of thiophene rings is 1. The first-order valence-electron chi connectivity index (χ1n) is 8.43. The van der Waals surface area contributed by atoms with Crippen molar-refractivity contribution in [3.8, 4) is 28.3 Å². The molecular weight excluding hydrogens is 377 g/mol. The number of hydrogen-bond donors (Lipinski definition) is 1. The first-order valence-corrected chi connectivity index (χ1v) is 9.31. The fraction of sp³-hybridized carbons (Fsp3) is 0.0476. The summed E-state index contributed by atoms with van der Waals surface area (Å²) in [5, 5.41) is 14.3. The molecule has 0 aliphatic carbocycles. The van der Waals surface area contributed by atoms with Crippen LogP contribution in [0.1, 0.15) is 11.3 Å². The Morgan fingerprint density at radius 2 is 1.93 bits per heavy atom. The molecule has 1 N–H and O–H groups in total. The van der Waals surface area contributed by atoms with E-state index >= 15 is 0 Å².